The number of aromatic amines is 1. The van der Waals surface area contributed by atoms with Crippen molar-refractivity contribution in [1.29, 1.82) is 0 Å². The van der Waals surface area contributed by atoms with Gasteiger partial charge in [0.25, 0.3) is 0 Å². The number of rotatable bonds is 3. The van der Waals surface area contributed by atoms with Gasteiger partial charge in [0.05, 0.1) is 5.02 Å². The van der Waals surface area contributed by atoms with Gasteiger partial charge in [0.2, 0.25) is 0 Å². The largest absolute Gasteiger partial charge is 0.356 e. The fraction of sp³-hybridized carbons (Fsp3) is 0.529. The minimum Gasteiger partial charge on any atom is -0.356 e. The predicted octanol–water partition coefficient (Wildman–Crippen LogP) is 4.88. The summed E-state index contributed by atoms with van der Waals surface area (Å²) in [5.74, 6) is 0. The highest BCUT2D eigenvalue weighted by atomic mass is 35.5. The summed E-state index contributed by atoms with van der Waals surface area (Å²) < 4.78 is 0. The smallest absolute Gasteiger partial charge is 0.0705 e. The molecule has 0 atom stereocenters. The van der Waals surface area contributed by atoms with Crippen LogP contribution in [0.25, 0.3) is 10.9 Å². The van der Waals surface area contributed by atoms with E-state index in [9.17, 15) is 0 Å². The minimum atomic E-state index is 0.525. The van der Waals surface area contributed by atoms with Crippen molar-refractivity contribution < 1.29 is 0 Å². The van der Waals surface area contributed by atoms with Crippen LogP contribution < -0.4 is 5.32 Å². The molecule has 1 aromatic heterocycles. The van der Waals surface area contributed by atoms with Gasteiger partial charge in [-0.05, 0) is 37.2 Å². The van der Waals surface area contributed by atoms with Crippen LogP contribution in [0.15, 0.2) is 24.3 Å². The lowest BCUT2D eigenvalue weighted by atomic mass is 9.75. The maximum absolute atomic E-state index is 6.45. The van der Waals surface area contributed by atoms with Gasteiger partial charge in [-0.25, -0.2) is 0 Å². The summed E-state index contributed by atoms with van der Waals surface area (Å²) in [7, 11) is 0. The summed E-state index contributed by atoms with van der Waals surface area (Å²) in [5.41, 5.74) is 2.76. The van der Waals surface area contributed by atoms with Crippen LogP contribution >= 0.6 is 11.6 Å². The Balaban J connectivity index is 1.64. The lowest BCUT2D eigenvalue weighted by Crippen LogP contribution is -2.35. The second-order valence-corrected chi connectivity index (χ2v) is 7.16. The van der Waals surface area contributed by atoms with Gasteiger partial charge in [-0.1, -0.05) is 43.6 Å². The molecule has 0 bridgehead atoms. The molecular weight excluding hydrogens is 268 g/mol. The number of halogens is 1. The summed E-state index contributed by atoms with van der Waals surface area (Å²) >= 11 is 6.45. The van der Waals surface area contributed by atoms with Crippen molar-refractivity contribution in [1.82, 2.24) is 10.3 Å². The Morgan fingerprint density at radius 2 is 1.95 bits per heavy atom. The minimum absolute atomic E-state index is 0.525. The average Bonchev–Trinajstić information content (AvgIpc) is 2.75. The second-order valence-electron chi connectivity index (χ2n) is 6.78. The summed E-state index contributed by atoms with van der Waals surface area (Å²) in [6, 6.07) is 8.85. The van der Waals surface area contributed by atoms with Gasteiger partial charge in [-0.3, -0.25) is 0 Å². The van der Waals surface area contributed by atoms with Crippen molar-refractivity contribution in [3.63, 3.8) is 0 Å². The molecule has 20 heavy (non-hydrogen) atoms. The summed E-state index contributed by atoms with van der Waals surface area (Å²) in [6.07, 6.45) is 5.16. The third-order valence-electron chi connectivity index (χ3n) is 4.62. The van der Waals surface area contributed by atoms with Crippen molar-refractivity contribution >= 4 is 22.5 Å². The maximum atomic E-state index is 6.45. The molecule has 1 aliphatic carbocycles. The number of hydrogen-bond acceptors (Lipinski definition) is 1. The topological polar surface area (TPSA) is 27.8 Å². The molecule has 3 rings (SSSR count). The Morgan fingerprint density at radius 3 is 2.65 bits per heavy atom. The standard InChI is InChI=1S/C17H23ClN2/c1-17(2)9-7-12(8-10-17)19-11-15-16(18)13-5-3-4-6-14(13)20-15/h3-6,12,19-20H,7-11H2,1-2H3. The van der Waals surface area contributed by atoms with E-state index in [0.29, 0.717) is 11.5 Å². The van der Waals surface area contributed by atoms with Gasteiger partial charge in [0.15, 0.2) is 0 Å². The van der Waals surface area contributed by atoms with E-state index in [1.807, 2.05) is 12.1 Å². The van der Waals surface area contributed by atoms with E-state index in [-0.39, 0.29) is 0 Å². The second kappa shape index (κ2) is 5.42. The first-order valence-corrected chi connectivity index (χ1v) is 7.91. The van der Waals surface area contributed by atoms with Crippen LogP contribution in [0.5, 0.6) is 0 Å². The third kappa shape index (κ3) is 2.87. The molecule has 0 aliphatic heterocycles. The monoisotopic (exact) mass is 290 g/mol. The Labute approximate surface area is 125 Å². The van der Waals surface area contributed by atoms with Gasteiger partial charge < -0.3 is 10.3 Å². The number of nitrogens with one attached hydrogen (secondary N) is 2. The lowest BCUT2D eigenvalue weighted by molar-refractivity contribution is 0.206. The van der Waals surface area contributed by atoms with Crippen molar-refractivity contribution in [2.24, 2.45) is 5.41 Å². The van der Waals surface area contributed by atoms with Crippen molar-refractivity contribution in [3.8, 4) is 0 Å². The van der Waals surface area contributed by atoms with Crippen molar-refractivity contribution in [3.05, 3.63) is 35.0 Å². The van der Waals surface area contributed by atoms with E-state index >= 15 is 0 Å². The van der Waals surface area contributed by atoms with Gasteiger partial charge in [0, 0.05) is 29.2 Å². The molecule has 1 aromatic carbocycles. The highest BCUT2D eigenvalue weighted by molar-refractivity contribution is 6.36. The Morgan fingerprint density at radius 1 is 1.25 bits per heavy atom. The van der Waals surface area contributed by atoms with Crippen LogP contribution in [-0.4, -0.2) is 11.0 Å². The van der Waals surface area contributed by atoms with E-state index < -0.39 is 0 Å². The van der Waals surface area contributed by atoms with Crippen LogP contribution in [0.1, 0.15) is 45.2 Å². The number of para-hydroxylation sites is 1. The first-order chi connectivity index (χ1) is 9.55. The molecule has 0 spiro atoms. The Bertz CT molecular complexity index is 590. The Hall–Kier alpha value is -0.990. The van der Waals surface area contributed by atoms with Gasteiger partial charge in [0.1, 0.15) is 0 Å². The predicted molar refractivity (Wildman–Crippen MR) is 86.2 cm³/mol. The SMILES string of the molecule is CC1(C)CCC(NCc2[nH]c3ccccc3c2Cl)CC1. The average molecular weight is 291 g/mol. The first-order valence-electron chi connectivity index (χ1n) is 7.54. The molecule has 1 saturated carbocycles. The quantitative estimate of drug-likeness (QED) is 0.828. The van der Waals surface area contributed by atoms with E-state index in [4.69, 9.17) is 11.6 Å². The molecule has 0 radical (unpaired) electrons. The lowest BCUT2D eigenvalue weighted by Gasteiger charge is -2.34. The number of H-pyrrole nitrogens is 1. The van der Waals surface area contributed by atoms with Crippen LogP contribution in [0.3, 0.4) is 0 Å². The van der Waals surface area contributed by atoms with Crippen molar-refractivity contribution in [2.75, 3.05) is 0 Å². The van der Waals surface area contributed by atoms with Gasteiger partial charge in [-0.2, -0.15) is 0 Å². The molecule has 2 N–H and O–H groups in total. The fourth-order valence-corrected chi connectivity index (χ4v) is 3.41. The molecule has 1 heterocycles. The van der Waals surface area contributed by atoms with E-state index in [1.165, 1.54) is 25.7 Å². The molecule has 108 valence electrons. The summed E-state index contributed by atoms with van der Waals surface area (Å²) in [4.78, 5) is 3.43. The molecule has 2 aromatic rings. The first kappa shape index (κ1) is 14.0. The van der Waals surface area contributed by atoms with Gasteiger partial charge in [-0.15, -0.1) is 0 Å². The van der Waals surface area contributed by atoms with Crippen LogP contribution in [-0.2, 0) is 6.54 Å². The van der Waals surface area contributed by atoms with E-state index in [2.05, 4.69) is 36.3 Å². The fourth-order valence-electron chi connectivity index (χ4n) is 3.14. The zero-order valence-electron chi connectivity index (χ0n) is 12.3. The molecule has 2 nitrogen and oxygen atoms in total. The van der Waals surface area contributed by atoms with Gasteiger partial charge >= 0.3 is 0 Å². The normalized spacial score (nSPS) is 19.6. The molecule has 0 saturated heterocycles. The molecule has 1 fully saturated rings. The van der Waals surface area contributed by atoms with Crippen LogP contribution in [0.4, 0.5) is 0 Å². The number of hydrogen-bond donors (Lipinski definition) is 2. The van der Waals surface area contributed by atoms with Crippen LogP contribution in [0, 0.1) is 5.41 Å². The molecule has 0 unspecified atom stereocenters. The number of aromatic nitrogens is 1. The zero-order valence-corrected chi connectivity index (χ0v) is 13.1. The van der Waals surface area contributed by atoms with E-state index in [0.717, 1.165) is 28.2 Å². The van der Waals surface area contributed by atoms with E-state index in [1.54, 1.807) is 0 Å². The molecule has 3 heteroatoms. The number of benzene rings is 1. The molecule has 0 amide bonds. The Kier molecular flexibility index (Phi) is 3.78. The van der Waals surface area contributed by atoms with Crippen molar-refractivity contribution in [2.45, 2.75) is 52.1 Å². The summed E-state index contributed by atoms with van der Waals surface area (Å²) in [5, 5.41) is 5.65. The maximum Gasteiger partial charge on any atom is 0.0705 e. The number of fused-ring (bicyclic) bond motifs is 1. The third-order valence-corrected chi connectivity index (χ3v) is 5.05. The molecular formula is C17H23ClN2. The zero-order chi connectivity index (χ0) is 14.2. The highest BCUT2D eigenvalue weighted by Gasteiger charge is 2.26. The summed E-state index contributed by atoms with van der Waals surface area (Å²) in [6.45, 7) is 5.58. The highest BCUT2D eigenvalue weighted by Crippen LogP contribution is 2.35. The molecule has 1 aliphatic rings. The van der Waals surface area contributed by atoms with Crippen LogP contribution in [0.2, 0.25) is 5.02 Å².